The molecule has 126 valence electrons. The van der Waals surface area contributed by atoms with Crippen LogP contribution >= 0.6 is 0 Å². The number of para-hydroxylation sites is 1. The van der Waals surface area contributed by atoms with Crippen LogP contribution in [0.25, 0.3) is 0 Å². The van der Waals surface area contributed by atoms with Gasteiger partial charge in [0.05, 0.1) is 12.6 Å². The van der Waals surface area contributed by atoms with Gasteiger partial charge >= 0.3 is 0 Å². The zero-order valence-corrected chi connectivity index (χ0v) is 13.5. The van der Waals surface area contributed by atoms with Gasteiger partial charge in [-0.1, -0.05) is 18.2 Å². The molecule has 0 aromatic heterocycles. The van der Waals surface area contributed by atoms with Crippen molar-refractivity contribution in [3.05, 3.63) is 29.8 Å². The summed E-state index contributed by atoms with van der Waals surface area (Å²) in [5, 5.41) is 9.97. The Hall–Kier alpha value is -1.63. The standard InChI is InChI=1S/C17H25N3O3/c1-23-9-8-20(11-12-6-7-12)17(22)15-10-14(18-19-15)13-4-2-3-5-16(13)21/h2-5,12,14-15,18-19,21H,6-11H2,1H3. The summed E-state index contributed by atoms with van der Waals surface area (Å²) in [5.74, 6) is 1.02. The van der Waals surface area contributed by atoms with E-state index >= 15 is 0 Å². The van der Waals surface area contributed by atoms with Crippen LogP contribution in [0.15, 0.2) is 24.3 Å². The predicted molar refractivity (Wildman–Crippen MR) is 86.7 cm³/mol. The van der Waals surface area contributed by atoms with Crippen molar-refractivity contribution in [2.24, 2.45) is 5.92 Å². The van der Waals surface area contributed by atoms with Crippen molar-refractivity contribution in [2.75, 3.05) is 26.8 Å². The van der Waals surface area contributed by atoms with Gasteiger partial charge in [0.1, 0.15) is 11.8 Å². The van der Waals surface area contributed by atoms with Gasteiger partial charge in [0.25, 0.3) is 0 Å². The number of nitrogens with one attached hydrogen (secondary N) is 2. The fourth-order valence-electron chi connectivity index (χ4n) is 3.03. The summed E-state index contributed by atoms with van der Waals surface area (Å²) in [6, 6.07) is 6.92. The highest BCUT2D eigenvalue weighted by molar-refractivity contribution is 5.82. The molecule has 1 aliphatic heterocycles. The van der Waals surface area contributed by atoms with Crippen LogP contribution in [0, 0.1) is 5.92 Å². The lowest BCUT2D eigenvalue weighted by Gasteiger charge is -2.25. The molecule has 6 heteroatoms. The first-order valence-corrected chi connectivity index (χ1v) is 8.25. The molecule has 0 spiro atoms. The fraction of sp³-hybridized carbons (Fsp3) is 0.588. The molecule has 2 atom stereocenters. The molecule has 1 amide bonds. The van der Waals surface area contributed by atoms with E-state index in [1.165, 1.54) is 12.8 Å². The summed E-state index contributed by atoms with van der Waals surface area (Å²) in [6.07, 6.45) is 3.06. The molecule has 2 unspecified atom stereocenters. The lowest BCUT2D eigenvalue weighted by molar-refractivity contribution is -0.134. The van der Waals surface area contributed by atoms with Crippen molar-refractivity contribution in [1.29, 1.82) is 0 Å². The third-order valence-electron chi connectivity index (χ3n) is 4.57. The second-order valence-corrected chi connectivity index (χ2v) is 6.41. The first-order chi connectivity index (χ1) is 11.2. The second-order valence-electron chi connectivity index (χ2n) is 6.41. The molecule has 2 aliphatic rings. The molecule has 2 fully saturated rings. The van der Waals surface area contributed by atoms with Gasteiger partial charge in [0.15, 0.2) is 0 Å². The molecular weight excluding hydrogens is 294 g/mol. The van der Waals surface area contributed by atoms with Gasteiger partial charge in [-0.25, -0.2) is 10.9 Å². The molecule has 6 nitrogen and oxygen atoms in total. The maximum absolute atomic E-state index is 12.8. The number of carbonyl (C=O) groups excluding carboxylic acids is 1. The zero-order chi connectivity index (χ0) is 16.2. The van der Waals surface area contributed by atoms with E-state index in [-0.39, 0.29) is 23.7 Å². The highest BCUT2D eigenvalue weighted by Crippen LogP contribution is 2.32. The van der Waals surface area contributed by atoms with Crippen LogP contribution in [0.4, 0.5) is 0 Å². The van der Waals surface area contributed by atoms with Crippen molar-refractivity contribution >= 4 is 5.91 Å². The monoisotopic (exact) mass is 319 g/mol. The number of benzene rings is 1. The van der Waals surface area contributed by atoms with Crippen molar-refractivity contribution in [1.82, 2.24) is 15.8 Å². The Balaban J connectivity index is 1.62. The minimum absolute atomic E-state index is 0.0599. The number of methoxy groups -OCH3 is 1. The smallest absolute Gasteiger partial charge is 0.241 e. The van der Waals surface area contributed by atoms with E-state index in [0.29, 0.717) is 25.5 Å². The molecule has 1 saturated heterocycles. The summed E-state index contributed by atoms with van der Waals surface area (Å²) in [7, 11) is 1.66. The molecule has 3 rings (SSSR count). The fourth-order valence-corrected chi connectivity index (χ4v) is 3.03. The molecule has 1 aliphatic carbocycles. The first kappa shape index (κ1) is 16.2. The van der Waals surface area contributed by atoms with E-state index in [1.807, 2.05) is 17.0 Å². The normalized spacial score (nSPS) is 23.9. The van der Waals surface area contributed by atoms with Gasteiger partial charge in [-0.3, -0.25) is 4.79 Å². The number of nitrogens with zero attached hydrogens (tertiary/aromatic N) is 1. The largest absolute Gasteiger partial charge is 0.508 e. The van der Waals surface area contributed by atoms with E-state index in [9.17, 15) is 9.90 Å². The van der Waals surface area contributed by atoms with Gasteiger partial charge in [-0.05, 0) is 31.2 Å². The number of hydrazine groups is 1. The lowest BCUT2D eigenvalue weighted by Crippen LogP contribution is -2.47. The van der Waals surface area contributed by atoms with Crippen LogP contribution in [0.2, 0.25) is 0 Å². The van der Waals surface area contributed by atoms with Crippen LogP contribution < -0.4 is 10.9 Å². The van der Waals surface area contributed by atoms with Crippen LogP contribution in [0.5, 0.6) is 5.75 Å². The molecule has 1 aromatic rings. The quantitative estimate of drug-likeness (QED) is 0.704. The molecule has 1 aromatic carbocycles. The van der Waals surface area contributed by atoms with Crippen LogP contribution in [0.3, 0.4) is 0 Å². The predicted octanol–water partition coefficient (Wildman–Crippen LogP) is 1.18. The molecule has 3 N–H and O–H groups in total. The number of aromatic hydroxyl groups is 1. The van der Waals surface area contributed by atoms with Gasteiger partial charge in [0.2, 0.25) is 5.91 Å². The summed E-state index contributed by atoms with van der Waals surface area (Å²) in [5.41, 5.74) is 7.05. The van der Waals surface area contributed by atoms with Gasteiger partial charge < -0.3 is 14.7 Å². The molecule has 0 bridgehead atoms. The highest BCUT2D eigenvalue weighted by Gasteiger charge is 2.35. The number of phenolic OH excluding ortho intramolecular Hbond substituents is 1. The summed E-state index contributed by atoms with van der Waals surface area (Å²) in [6.45, 7) is 2.01. The number of rotatable bonds is 7. The average Bonchev–Trinajstić information content (AvgIpc) is 3.24. The zero-order valence-electron chi connectivity index (χ0n) is 13.5. The molecular formula is C17H25N3O3. The van der Waals surface area contributed by atoms with Crippen molar-refractivity contribution in [3.8, 4) is 5.75 Å². The number of ether oxygens (including phenoxy) is 1. The minimum Gasteiger partial charge on any atom is -0.508 e. The van der Waals surface area contributed by atoms with Gasteiger partial charge in [0, 0.05) is 25.8 Å². The maximum Gasteiger partial charge on any atom is 0.241 e. The van der Waals surface area contributed by atoms with Crippen molar-refractivity contribution in [3.63, 3.8) is 0 Å². The molecule has 23 heavy (non-hydrogen) atoms. The lowest BCUT2D eigenvalue weighted by atomic mass is 10.0. The Kier molecular flexibility index (Phi) is 5.15. The third-order valence-corrected chi connectivity index (χ3v) is 4.57. The van der Waals surface area contributed by atoms with E-state index in [4.69, 9.17) is 4.74 Å². The minimum atomic E-state index is -0.268. The first-order valence-electron chi connectivity index (χ1n) is 8.25. The van der Waals surface area contributed by atoms with Gasteiger partial charge in [-0.15, -0.1) is 0 Å². The summed E-state index contributed by atoms with van der Waals surface area (Å²) < 4.78 is 5.13. The van der Waals surface area contributed by atoms with E-state index in [2.05, 4.69) is 10.9 Å². The third kappa shape index (κ3) is 4.02. The van der Waals surface area contributed by atoms with Crippen molar-refractivity contribution in [2.45, 2.75) is 31.3 Å². The Morgan fingerprint density at radius 3 is 2.83 bits per heavy atom. The SMILES string of the molecule is COCCN(CC1CC1)C(=O)C1CC(c2ccccc2O)NN1. The van der Waals surface area contributed by atoms with E-state index in [0.717, 1.165) is 12.1 Å². The molecule has 0 radical (unpaired) electrons. The highest BCUT2D eigenvalue weighted by atomic mass is 16.5. The van der Waals surface area contributed by atoms with Crippen LogP contribution in [-0.2, 0) is 9.53 Å². The topological polar surface area (TPSA) is 73.8 Å². The van der Waals surface area contributed by atoms with Gasteiger partial charge in [-0.2, -0.15) is 0 Å². The Morgan fingerprint density at radius 1 is 1.35 bits per heavy atom. The van der Waals surface area contributed by atoms with Crippen LogP contribution in [0.1, 0.15) is 30.9 Å². The van der Waals surface area contributed by atoms with Crippen molar-refractivity contribution < 1.29 is 14.6 Å². The molecule has 1 heterocycles. The summed E-state index contributed by atoms with van der Waals surface area (Å²) >= 11 is 0. The van der Waals surface area contributed by atoms with E-state index < -0.39 is 0 Å². The number of amides is 1. The summed E-state index contributed by atoms with van der Waals surface area (Å²) in [4.78, 5) is 14.7. The average molecular weight is 319 g/mol. The molecule has 1 saturated carbocycles. The Morgan fingerprint density at radius 2 is 2.13 bits per heavy atom. The Bertz CT molecular complexity index is 548. The number of hydrogen-bond donors (Lipinski definition) is 3. The Labute approximate surface area is 136 Å². The van der Waals surface area contributed by atoms with E-state index in [1.54, 1.807) is 19.2 Å². The number of carbonyl (C=O) groups is 1. The van der Waals surface area contributed by atoms with Crippen LogP contribution in [-0.4, -0.2) is 48.8 Å². The second kappa shape index (κ2) is 7.29. The number of phenols is 1. The maximum atomic E-state index is 12.8. The number of hydrogen-bond acceptors (Lipinski definition) is 5.